The van der Waals surface area contributed by atoms with E-state index in [1.807, 2.05) is 0 Å². The second-order valence-corrected chi connectivity index (χ2v) is 8.23. The third-order valence-corrected chi connectivity index (χ3v) is 6.85. The van der Waals surface area contributed by atoms with Gasteiger partial charge in [0.15, 0.2) is 0 Å². The number of nitrogens with zero attached hydrogens (tertiary/aromatic N) is 3. The molecule has 0 aromatic carbocycles. The van der Waals surface area contributed by atoms with E-state index in [9.17, 15) is 0 Å². The van der Waals surface area contributed by atoms with Crippen molar-refractivity contribution < 1.29 is 0 Å². The van der Waals surface area contributed by atoms with Crippen molar-refractivity contribution in [1.29, 1.82) is 0 Å². The molecule has 4 heteroatoms. The topological polar surface area (TPSA) is 30.7 Å². The van der Waals surface area contributed by atoms with Gasteiger partial charge in [0, 0.05) is 12.0 Å². The Morgan fingerprint density at radius 2 is 1.60 bits per heavy atom. The van der Waals surface area contributed by atoms with Crippen molar-refractivity contribution in [3.63, 3.8) is 0 Å². The van der Waals surface area contributed by atoms with Crippen LogP contribution in [0.4, 0.5) is 0 Å². The Kier molecular flexibility index (Phi) is 2.63. The van der Waals surface area contributed by atoms with Gasteiger partial charge < -0.3 is 4.57 Å². The van der Waals surface area contributed by atoms with Crippen LogP contribution in [0.3, 0.4) is 0 Å². The van der Waals surface area contributed by atoms with Gasteiger partial charge in [0.2, 0.25) is 0 Å². The monoisotopic (exact) mass is 335 g/mol. The Bertz CT molecular complexity index is 506. The lowest BCUT2D eigenvalue weighted by atomic mass is 9.51. The molecule has 0 spiro atoms. The van der Waals surface area contributed by atoms with Crippen LogP contribution in [0, 0.1) is 23.7 Å². The van der Waals surface area contributed by atoms with E-state index >= 15 is 0 Å². The summed E-state index contributed by atoms with van der Waals surface area (Å²) in [6.45, 7) is 0. The Balaban J connectivity index is 1.55. The first-order chi connectivity index (χ1) is 9.83. The smallest absolute Gasteiger partial charge is 0.143 e. The first-order valence-electron chi connectivity index (χ1n) is 8.33. The van der Waals surface area contributed by atoms with E-state index in [1.165, 1.54) is 50.8 Å². The molecule has 5 aliphatic carbocycles. The number of rotatable bonds is 3. The molecule has 20 heavy (non-hydrogen) atoms. The lowest BCUT2D eigenvalue weighted by Gasteiger charge is -2.54. The molecule has 1 aromatic rings. The zero-order valence-electron chi connectivity index (χ0n) is 11.8. The number of aromatic nitrogens is 3. The molecule has 108 valence electrons. The summed E-state index contributed by atoms with van der Waals surface area (Å²) in [4.78, 5) is 0. The molecule has 6 rings (SSSR count). The predicted molar refractivity (Wildman–Crippen MR) is 80.7 cm³/mol. The molecule has 1 heterocycles. The van der Waals surface area contributed by atoms with Crippen molar-refractivity contribution in [3.8, 4) is 0 Å². The van der Waals surface area contributed by atoms with Gasteiger partial charge in [-0.15, -0.1) is 10.2 Å². The number of alkyl halides is 1. The first-order valence-corrected chi connectivity index (χ1v) is 9.45. The van der Waals surface area contributed by atoms with Crippen molar-refractivity contribution in [2.75, 3.05) is 0 Å². The molecule has 0 saturated heterocycles. The SMILES string of the molecule is BrCc1nnc(C2C3CC4CC(C3)CC2C4)n1C1CC1. The van der Waals surface area contributed by atoms with Gasteiger partial charge in [0.1, 0.15) is 11.6 Å². The van der Waals surface area contributed by atoms with E-state index in [0.717, 1.165) is 40.7 Å². The van der Waals surface area contributed by atoms with E-state index < -0.39 is 0 Å². The fourth-order valence-electron chi connectivity index (χ4n) is 5.73. The average molecular weight is 336 g/mol. The van der Waals surface area contributed by atoms with Crippen LogP contribution in [0.25, 0.3) is 0 Å². The fourth-order valence-corrected chi connectivity index (χ4v) is 6.12. The van der Waals surface area contributed by atoms with Gasteiger partial charge in [-0.05, 0) is 68.6 Å². The van der Waals surface area contributed by atoms with Crippen molar-refractivity contribution in [2.24, 2.45) is 23.7 Å². The molecule has 5 fully saturated rings. The maximum absolute atomic E-state index is 4.68. The summed E-state index contributed by atoms with van der Waals surface area (Å²) in [5.74, 6) is 7.16. The van der Waals surface area contributed by atoms with Gasteiger partial charge in [-0.2, -0.15) is 0 Å². The van der Waals surface area contributed by atoms with Crippen LogP contribution in [0.2, 0.25) is 0 Å². The van der Waals surface area contributed by atoms with Crippen LogP contribution in [0.5, 0.6) is 0 Å². The Labute approximate surface area is 128 Å². The molecule has 5 saturated carbocycles. The standard InChI is InChI=1S/C16H22BrN3/c17-8-14-18-19-16(20(14)13-1-2-13)15-11-4-9-3-10(6-11)7-12(15)5-9/h9-13,15H,1-8H2. The highest BCUT2D eigenvalue weighted by Crippen LogP contribution is 2.60. The number of hydrogen-bond acceptors (Lipinski definition) is 2. The van der Waals surface area contributed by atoms with Crippen LogP contribution in [-0.4, -0.2) is 14.8 Å². The van der Waals surface area contributed by atoms with Gasteiger partial charge in [-0.1, -0.05) is 15.9 Å². The molecular formula is C16H22BrN3. The Hall–Kier alpha value is -0.380. The van der Waals surface area contributed by atoms with Gasteiger partial charge in [0.05, 0.1) is 5.33 Å². The Morgan fingerprint density at radius 1 is 0.950 bits per heavy atom. The number of hydrogen-bond donors (Lipinski definition) is 0. The Morgan fingerprint density at radius 3 is 2.15 bits per heavy atom. The molecule has 0 aliphatic heterocycles. The van der Waals surface area contributed by atoms with Gasteiger partial charge >= 0.3 is 0 Å². The summed E-state index contributed by atoms with van der Waals surface area (Å²) in [5.41, 5.74) is 0. The molecule has 0 amide bonds. The van der Waals surface area contributed by atoms with E-state index in [4.69, 9.17) is 0 Å². The largest absolute Gasteiger partial charge is 0.311 e. The molecule has 4 bridgehead atoms. The molecule has 3 nitrogen and oxygen atoms in total. The zero-order valence-corrected chi connectivity index (χ0v) is 13.4. The van der Waals surface area contributed by atoms with Crippen LogP contribution >= 0.6 is 15.9 Å². The van der Waals surface area contributed by atoms with Crippen molar-refractivity contribution >= 4 is 15.9 Å². The summed E-state index contributed by atoms with van der Waals surface area (Å²) < 4.78 is 2.52. The average Bonchev–Trinajstić information content (AvgIpc) is 3.18. The molecule has 0 radical (unpaired) electrons. The summed E-state index contributed by atoms with van der Waals surface area (Å²) in [7, 11) is 0. The van der Waals surface area contributed by atoms with E-state index in [0.29, 0.717) is 6.04 Å². The molecule has 0 unspecified atom stereocenters. The fraction of sp³-hybridized carbons (Fsp3) is 0.875. The zero-order chi connectivity index (χ0) is 13.3. The number of halogens is 1. The minimum Gasteiger partial charge on any atom is -0.311 e. The van der Waals surface area contributed by atoms with E-state index in [2.05, 4.69) is 30.7 Å². The quantitative estimate of drug-likeness (QED) is 0.780. The molecule has 0 N–H and O–H groups in total. The maximum Gasteiger partial charge on any atom is 0.143 e. The van der Waals surface area contributed by atoms with Gasteiger partial charge in [-0.3, -0.25) is 0 Å². The second kappa shape index (κ2) is 4.31. The maximum atomic E-state index is 4.68. The van der Waals surface area contributed by atoms with Crippen molar-refractivity contribution in [2.45, 2.75) is 62.2 Å². The molecule has 1 aromatic heterocycles. The lowest BCUT2D eigenvalue weighted by Crippen LogP contribution is -2.44. The van der Waals surface area contributed by atoms with E-state index in [1.54, 1.807) is 0 Å². The highest BCUT2D eigenvalue weighted by molar-refractivity contribution is 9.08. The molecular weight excluding hydrogens is 314 g/mol. The third-order valence-electron chi connectivity index (χ3n) is 6.35. The molecule has 0 atom stereocenters. The van der Waals surface area contributed by atoms with Crippen LogP contribution in [0.1, 0.15) is 68.6 Å². The second-order valence-electron chi connectivity index (χ2n) is 7.67. The predicted octanol–water partition coefficient (Wildman–Crippen LogP) is 4.05. The summed E-state index contributed by atoms with van der Waals surface area (Å²) in [6.07, 6.45) is 10.1. The van der Waals surface area contributed by atoms with Crippen LogP contribution < -0.4 is 0 Å². The van der Waals surface area contributed by atoms with Crippen LogP contribution in [0.15, 0.2) is 0 Å². The molecule has 5 aliphatic rings. The van der Waals surface area contributed by atoms with Crippen molar-refractivity contribution in [1.82, 2.24) is 14.8 Å². The third kappa shape index (κ3) is 1.69. The van der Waals surface area contributed by atoms with Gasteiger partial charge in [0.25, 0.3) is 0 Å². The minimum atomic E-state index is 0.713. The van der Waals surface area contributed by atoms with Gasteiger partial charge in [-0.25, -0.2) is 0 Å². The summed E-state index contributed by atoms with van der Waals surface area (Å²) in [5, 5.41) is 10.0. The van der Waals surface area contributed by atoms with Crippen LogP contribution in [-0.2, 0) is 5.33 Å². The minimum absolute atomic E-state index is 0.713. The highest BCUT2D eigenvalue weighted by atomic mass is 79.9. The van der Waals surface area contributed by atoms with Crippen molar-refractivity contribution in [3.05, 3.63) is 11.6 Å². The summed E-state index contributed by atoms with van der Waals surface area (Å²) >= 11 is 3.60. The normalized spacial score (nSPS) is 42.4. The highest BCUT2D eigenvalue weighted by Gasteiger charge is 2.50. The lowest BCUT2D eigenvalue weighted by molar-refractivity contribution is -0.00692. The van der Waals surface area contributed by atoms with E-state index in [-0.39, 0.29) is 0 Å². The summed E-state index contributed by atoms with van der Waals surface area (Å²) in [6, 6.07) is 0.713. The first kappa shape index (κ1) is 12.2.